The lowest BCUT2D eigenvalue weighted by molar-refractivity contribution is -0.133. The number of carbonyl (C=O) groups excluding carboxylic acids is 4. The van der Waals surface area contributed by atoms with Gasteiger partial charge in [-0.2, -0.15) is 0 Å². The average Bonchev–Trinajstić information content (AvgIpc) is 3.72. The van der Waals surface area contributed by atoms with E-state index in [9.17, 15) is 19.2 Å². The first-order valence-corrected chi connectivity index (χ1v) is 18.1. The molecule has 4 bridgehead atoms. The highest BCUT2D eigenvalue weighted by Crippen LogP contribution is 2.27. The molecular formula is C34H47N7O4S2. The summed E-state index contributed by atoms with van der Waals surface area (Å²) in [5.41, 5.74) is 7.81. The quantitative estimate of drug-likeness (QED) is 0.283. The number of hydrogen-bond donors (Lipinski definition) is 4. The Morgan fingerprint density at radius 3 is 2.19 bits per heavy atom. The number of aromatic nitrogens is 2. The molecule has 254 valence electrons. The number of amides is 4. The van der Waals surface area contributed by atoms with Crippen LogP contribution in [0.15, 0.2) is 41.1 Å². The summed E-state index contributed by atoms with van der Waals surface area (Å²) in [4.78, 5) is 64.0. The van der Waals surface area contributed by atoms with Gasteiger partial charge in [-0.25, -0.2) is 9.97 Å². The van der Waals surface area contributed by atoms with Crippen molar-refractivity contribution in [3.05, 3.63) is 68.1 Å². The van der Waals surface area contributed by atoms with Gasteiger partial charge in [0.1, 0.15) is 21.4 Å². The van der Waals surface area contributed by atoms with E-state index in [0.29, 0.717) is 61.8 Å². The summed E-state index contributed by atoms with van der Waals surface area (Å²) in [6, 6.07) is 8.31. The number of nitrogens with zero attached hydrogens (tertiary/aromatic N) is 3. The van der Waals surface area contributed by atoms with Gasteiger partial charge in [0, 0.05) is 36.8 Å². The van der Waals surface area contributed by atoms with Crippen molar-refractivity contribution in [2.75, 3.05) is 19.6 Å². The molecule has 5 N–H and O–H groups in total. The average molecular weight is 682 g/mol. The highest BCUT2D eigenvalue weighted by molar-refractivity contribution is 7.10. The van der Waals surface area contributed by atoms with E-state index in [2.05, 4.69) is 39.8 Å². The van der Waals surface area contributed by atoms with Gasteiger partial charge in [0.25, 0.3) is 11.8 Å². The molecule has 13 heteroatoms. The molecule has 11 nitrogen and oxygen atoms in total. The van der Waals surface area contributed by atoms with Crippen LogP contribution in [0.5, 0.6) is 0 Å². The minimum atomic E-state index is -0.629. The Morgan fingerprint density at radius 1 is 0.894 bits per heavy atom. The summed E-state index contributed by atoms with van der Waals surface area (Å²) in [5, 5.41) is 13.8. The van der Waals surface area contributed by atoms with Crippen LogP contribution >= 0.6 is 22.7 Å². The Morgan fingerprint density at radius 2 is 1.53 bits per heavy atom. The van der Waals surface area contributed by atoms with Crippen molar-refractivity contribution in [3.63, 3.8) is 0 Å². The first kappa shape index (κ1) is 36.2. The molecule has 1 aliphatic rings. The minimum absolute atomic E-state index is 0.142. The molecule has 3 atom stereocenters. The molecule has 47 heavy (non-hydrogen) atoms. The third kappa shape index (κ3) is 10.9. The summed E-state index contributed by atoms with van der Waals surface area (Å²) in [6.07, 6.45) is 2.91. The van der Waals surface area contributed by atoms with Crippen LogP contribution in [0.4, 0.5) is 0 Å². The first-order chi connectivity index (χ1) is 22.5. The van der Waals surface area contributed by atoms with E-state index in [1.165, 1.54) is 22.7 Å². The van der Waals surface area contributed by atoms with Crippen LogP contribution in [0, 0.1) is 11.8 Å². The molecule has 3 heterocycles. The number of nitrogens with two attached hydrogens (primary N) is 1. The lowest BCUT2D eigenvalue weighted by Gasteiger charge is -2.27. The molecular weight excluding hydrogens is 635 g/mol. The molecule has 1 aromatic carbocycles. The second-order valence-electron chi connectivity index (χ2n) is 12.9. The minimum Gasteiger partial charge on any atom is -0.351 e. The maximum Gasteiger partial charge on any atom is 0.271 e. The zero-order valence-corrected chi connectivity index (χ0v) is 29.3. The van der Waals surface area contributed by atoms with Crippen molar-refractivity contribution in [2.24, 2.45) is 17.6 Å². The topological polar surface area (TPSA) is 159 Å². The highest BCUT2D eigenvalue weighted by Gasteiger charge is 2.26. The number of hydrogen-bond acceptors (Lipinski definition) is 9. The van der Waals surface area contributed by atoms with Crippen LogP contribution in [-0.2, 0) is 16.0 Å². The van der Waals surface area contributed by atoms with E-state index in [0.717, 1.165) is 5.56 Å². The SMILES string of the molecule is CC(C)CC1NC(=O)CCCN(C(=O)[C@H](N)CC(C)C)CCCNC(=O)c2csc(n2)[C@H](Cc2ccccc2)NC(=O)c2csc1n2. The van der Waals surface area contributed by atoms with E-state index in [4.69, 9.17) is 5.73 Å². The van der Waals surface area contributed by atoms with Gasteiger partial charge in [-0.15, -0.1) is 22.7 Å². The number of thiazole rings is 2. The molecule has 0 aliphatic carbocycles. The third-order valence-electron chi connectivity index (χ3n) is 7.81. The van der Waals surface area contributed by atoms with Crippen molar-refractivity contribution in [1.82, 2.24) is 30.8 Å². The van der Waals surface area contributed by atoms with Crippen LogP contribution in [0.1, 0.15) is 108 Å². The maximum absolute atomic E-state index is 13.5. The smallest absolute Gasteiger partial charge is 0.271 e. The Labute approximate surface area is 285 Å². The first-order valence-electron chi connectivity index (χ1n) is 16.4. The number of carbonyl (C=O) groups is 4. The van der Waals surface area contributed by atoms with Crippen molar-refractivity contribution in [2.45, 2.75) is 84.3 Å². The summed E-state index contributed by atoms with van der Waals surface area (Å²) >= 11 is 2.65. The molecule has 0 saturated heterocycles. The molecule has 3 aromatic rings. The van der Waals surface area contributed by atoms with Crippen molar-refractivity contribution in [3.8, 4) is 0 Å². The third-order valence-corrected chi connectivity index (χ3v) is 9.73. The number of fused-ring (bicyclic) bond motifs is 4. The van der Waals surface area contributed by atoms with E-state index in [-0.39, 0.29) is 59.3 Å². The Balaban J connectivity index is 1.61. The molecule has 1 aliphatic heterocycles. The van der Waals surface area contributed by atoms with Gasteiger partial charge in [0.2, 0.25) is 11.8 Å². The van der Waals surface area contributed by atoms with E-state index in [1.807, 2.05) is 44.2 Å². The second kappa shape index (κ2) is 17.5. The van der Waals surface area contributed by atoms with Crippen molar-refractivity contribution < 1.29 is 19.2 Å². The van der Waals surface area contributed by atoms with E-state index < -0.39 is 12.1 Å². The Kier molecular flexibility index (Phi) is 13.4. The van der Waals surface area contributed by atoms with Crippen LogP contribution in [0.2, 0.25) is 0 Å². The molecule has 4 rings (SSSR count). The van der Waals surface area contributed by atoms with Gasteiger partial charge in [-0.1, -0.05) is 58.0 Å². The largest absolute Gasteiger partial charge is 0.351 e. The zero-order chi connectivity index (χ0) is 33.9. The van der Waals surface area contributed by atoms with Gasteiger partial charge in [0.05, 0.1) is 18.1 Å². The van der Waals surface area contributed by atoms with Gasteiger partial charge < -0.3 is 26.6 Å². The fraction of sp³-hybridized carbons (Fsp3) is 0.529. The van der Waals surface area contributed by atoms with E-state index in [1.54, 1.807) is 15.7 Å². The zero-order valence-electron chi connectivity index (χ0n) is 27.7. The number of benzene rings is 1. The maximum atomic E-state index is 13.5. The summed E-state index contributed by atoms with van der Waals surface area (Å²) < 4.78 is 0. The van der Waals surface area contributed by atoms with Crippen LogP contribution in [0.25, 0.3) is 0 Å². The number of nitrogens with one attached hydrogen (secondary N) is 3. The predicted octanol–water partition coefficient (Wildman–Crippen LogP) is 4.63. The van der Waals surface area contributed by atoms with Crippen LogP contribution in [-0.4, -0.2) is 64.2 Å². The monoisotopic (exact) mass is 681 g/mol. The van der Waals surface area contributed by atoms with E-state index >= 15 is 0 Å². The summed E-state index contributed by atoms with van der Waals surface area (Å²) in [7, 11) is 0. The fourth-order valence-electron chi connectivity index (χ4n) is 5.51. The molecule has 4 amide bonds. The number of rotatable bonds is 7. The Bertz CT molecular complexity index is 1490. The van der Waals surface area contributed by atoms with Gasteiger partial charge in [-0.05, 0) is 49.5 Å². The van der Waals surface area contributed by atoms with Crippen LogP contribution < -0.4 is 21.7 Å². The highest BCUT2D eigenvalue weighted by atomic mass is 32.1. The van der Waals surface area contributed by atoms with Gasteiger partial charge in [0.15, 0.2) is 0 Å². The lowest BCUT2D eigenvalue weighted by atomic mass is 10.0. The normalized spacial score (nSPS) is 19.5. The summed E-state index contributed by atoms with van der Waals surface area (Å²) in [5.74, 6) is -0.428. The van der Waals surface area contributed by atoms with Gasteiger partial charge in [-0.3, -0.25) is 19.2 Å². The molecule has 1 unspecified atom stereocenters. The molecule has 0 radical (unpaired) electrons. The molecule has 0 saturated carbocycles. The second-order valence-corrected chi connectivity index (χ2v) is 14.7. The van der Waals surface area contributed by atoms with Crippen molar-refractivity contribution in [1.29, 1.82) is 0 Å². The lowest BCUT2D eigenvalue weighted by Crippen LogP contribution is -2.46. The van der Waals surface area contributed by atoms with Gasteiger partial charge >= 0.3 is 0 Å². The summed E-state index contributed by atoms with van der Waals surface area (Å²) in [6.45, 7) is 9.31. The standard InChI is InChI=1S/C34H47N7O4S2/c1-21(2)16-24(35)34(45)41-14-8-12-29(42)37-25(17-22(3)4)32-40-28(20-47-32)31(44)38-26(18-23-10-6-5-7-11-23)33-39-27(19-46-33)30(43)36-13-9-15-41/h5-7,10-11,19-22,24-26H,8-9,12-18,35H2,1-4H3,(H,36,43)(H,37,42)(H,38,44)/t24-,25?,26+/m1/s1. The predicted molar refractivity (Wildman–Crippen MR) is 185 cm³/mol. The molecule has 0 spiro atoms. The Hall–Kier alpha value is -3.68. The van der Waals surface area contributed by atoms with Crippen LogP contribution in [0.3, 0.4) is 0 Å². The molecule has 2 aromatic heterocycles. The van der Waals surface area contributed by atoms with Crippen molar-refractivity contribution >= 4 is 46.3 Å². The fourth-order valence-corrected chi connectivity index (χ4v) is 7.23. The molecule has 0 fully saturated rings.